The van der Waals surface area contributed by atoms with Crippen LogP contribution in [0.1, 0.15) is 38.1 Å². The summed E-state index contributed by atoms with van der Waals surface area (Å²) in [6.07, 6.45) is 0.929. The van der Waals surface area contributed by atoms with Crippen LogP contribution in [0.25, 0.3) is 10.8 Å². The number of benzene rings is 1. The van der Waals surface area contributed by atoms with Gasteiger partial charge in [0, 0.05) is 19.4 Å². The van der Waals surface area contributed by atoms with E-state index >= 15 is 0 Å². The van der Waals surface area contributed by atoms with Gasteiger partial charge in [-0.05, 0) is 31.7 Å². The molecule has 2 heterocycles. The molecule has 1 aromatic carbocycles. The van der Waals surface area contributed by atoms with Gasteiger partial charge in [-0.2, -0.15) is 4.57 Å². The molecule has 0 bridgehead atoms. The highest BCUT2D eigenvalue weighted by molar-refractivity contribution is 5.89. The van der Waals surface area contributed by atoms with Gasteiger partial charge in [-0.15, -0.1) is 0 Å². The van der Waals surface area contributed by atoms with Crippen molar-refractivity contribution in [2.45, 2.75) is 58.0 Å². The first-order valence-corrected chi connectivity index (χ1v) is 8.37. The van der Waals surface area contributed by atoms with Gasteiger partial charge in [0.1, 0.15) is 18.0 Å². The van der Waals surface area contributed by atoms with E-state index in [2.05, 4.69) is 0 Å². The number of fused-ring (bicyclic) bond motifs is 3. The van der Waals surface area contributed by atoms with Gasteiger partial charge < -0.3 is 20.1 Å². The van der Waals surface area contributed by atoms with Crippen LogP contribution in [0.2, 0.25) is 0 Å². The summed E-state index contributed by atoms with van der Waals surface area (Å²) in [6.45, 7) is 6.70. The van der Waals surface area contributed by atoms with Crippen molar-refractivity contribution in [3.05, 3.63) is 35.7 Å². The van der Waals surface area contributed by atoms with Crippen molar-refractivity contribution in [1.82, 2.24) is 0 Å². The van der Waals surface area contributed by atoms with Crippen molar-refractivity contribution in [1.29, 1.82) is 0 Å². The van der Waals surface area contributed by atoms with Gasteiger partial charge in [0.2, 0.25) is 0 Å². The number of pyridine rings is 1. The summed E-state index contributed by atoms with van der Waals surface area (Å²) in [5.74, 6) is -0.418. The number of hydrogen-bond acceptors (Lipinski definition) is 4. The second kappa shape index (κ2) is 5.97. The summed E-state index contributed by atoms with van der Waals surface area (Å²) < 4.78 is 7.57. The van der Waals surface area contributed by atoms with Crippen LogP contribution in [0.3, 0.4) is 0 Å². The number of aryl methyl sites for hydroxylation is 1. The van der Waals surface area contributed by atoms with Crippen molar-refractivity contribution < 1.29 is 29.4 Å². The zero-order valence-electron chi connectivity index (χ0n) is 14.9. The Labute approximate surface area is 146 Å². The number of ether oxygens (including phenoxy) is 1. The molecule has 6 nitrogen and oxygen atoms in total. The average molecular weight is 346 g/mol. The van der Waals surface area contributed by atoms with Crippen LogP contribution >= 0.6 is 0 Å². The summed E-state index contributed by atoms with van der Waals surface area (Å²) in [7, 11) is 0. The van der Waals surface area contributed by atoms with Crippen molar-refractivity contribution in [3.63, 3.8) is 0 Å². The van der Waals surface area contributed by atoms with E-state index in [0.29, 0.717) is 12.2 Å². The van der Waals surface area contributed by atoms with E-state index in [1.165, 1.54) is 6.92 Å². The summed E-state index contributed by atoms with van der Waals surface area (Å²) in [5.41, 5.74) is 0.742. The molecule has 25 heavy (non-hydrogen) atoms. The molecule has 0 saturated carbocycles. The fraction of sp³-hybridized carbons (Fsp3) is 0.474. The molecule has 1 aliphatic heterocycles. The Bertz CT molecular complexity index is 838. The second-order valence-electron chi connectivity index (χ2n) is 7.37. The molecule has 6 heteroatoms. The van der Waals surface area contributed by atoms with Crippen LogP contribution in [0.4, 0.5) is 0 Å². The summed E-state index contributed by atoms with van der Waals surface area (Å²) >= 11 is 0. The minimum absolute atomic E-state index is 0.352. The van der Waals surface area contributed by atoms with Crippen molar-refractivity contribution in [2.24, 2.45) is 0 Å². The SMILES string of the molecule is Cc1cc2ccc3c(c2c[n+]1C(C(=O)O)C(C)O)OC(C(C)(C)O)C3. The average Bonchev–Trinajstić information content (AvgIpc) is 2.92. The van der Waals surface area contributed by atoms with Gasteiger partial charge in [0.05, 0.1) is 11.0 Å². The molecule has 2 aromatic rings. The predicted molar refractivity (Wildman–Crippen MR) is 91.7 cm³/mol. The lowest BCUT2D eigenvalue weighted by molar-refractivity contribution is -0.721. The lowest BCUT2D eigenvalue weighted by atomic mass is 9.96. The molecule has 0 saturated heterocycles. The number of aliphatic hydroxyl groups excluding tert-OH is 1. The van der Waals surface area contributed by atoms with E-state index in [9.17, 15) is 20.1 Å². The van der Waals surface area contributed by atoms with Gasteiger partial charge >= 0.3 is 5.97 Å². The van der Waals surface area contributed by atoms with Gasteiger partial charge in [0.25, 0.3) is 6.04 Å². The molecule has 0 fully saturated rings. The Hall–Kier alpha value is -2.18. The van der Waals surface area contributed by atoms with E-state index in [0.717, 1.165) is 22.0 Å². The maximum absolute atomic E-state index is 11.6. The summed E-state index contributed by atoms with van der Waals surface area (Å²) in [5, 5.41) is 31.4. The molecule has 3 rings (SSSR count). The van der Waals surface area contributed by atoms with Gasteiger partial charge in [-0.3, -0.25) is 0 Å². The van der Waals surface area contributed by atoms with E-state index < -0.39 is 23.7 Å². The van der Waals surface area contributed by atoms with Crippen LogP contribution < -0.4 is 9.30 Å². The van der Waals surface area contributed by atoms with Crippen LogP contribution in [-0.4, -0.2) is 39.1 Å². The van der Waals surface area contributed by atoms with Crippen molar-refractivity contribution >= 4 is 16.7 Å². The van der Waals surface area contributed by atoms with E-state index in [1.807, 2.05) is 25.1 Å². The lowest BCUT2D eigenvalue weighted by Gasteiger charge is -2.24. The fourth-order valence-corrected chi connectivity index (χ4v) is 3.39. The third-order valence-corrected chi connectivity index (χ3v) is 4.81. The highest BCUT2D eigenvalue weighted by Gasteiger charge is 2.38. The van der Waals surface area contributed by atoms with Gasteiger partial charge in [-0.1, -0.05) is 12.1 Å². The zero-order valence-corrected chi connectivity index (χ0v) is 14.9. The smallest absolute Gasteiger partial charge is 0.376 e. The second-order valence-corrected chi connectivity index (χ2v) is 7.37. The number of carbonyl (C=O) groups is 1. The first-order valence-electron chi connectivity index (χ1n) is 8.37. The van der Waals surface area contributed by atoms with Gasteiger partial charge in [0.15, 0.2) is 11.9 Å². The fourth-order valence-electron chi connectivity index (χ4n) is 3.39. The van der Waals surface area contributed by atoms with E-state index in [4.69, 9.17) is 4.74 Å². The zero-order chi connectivity index (χ0) is 18.5. The summed E-state index contributed by atoms with van der Waals surface area (Å²) in [6, 6.07) is 4.76. The molecule has 1 aliphatic rings. The molecule has 1 aromatic heterocycles. The number of rotatable bonds is 4. The highest BCUT2D eigenvalue weighted by atomic mass is 16.5. The Kier molecular flexibility index (Phi) is 4.21. The van der Waals surface area contributed by atoms with Crippen molar-refractivity contribution in [2.75, 3.05) is 0 Å². The standard InChI is InChI=1S/C19H23NO5/c1-10-7-12-5-6-13-8-15(19(3,4)24)25-17(13)14(12)9-20(10)16(11(2)21)18(22)23/h5-7,9,11,15-16,21,24H,8H2,1-4H3/p+1. The third kappa shape index (κ3) is 3.07. The van der Waals surface area contributed by atoms with Crippen LogP contribution in [-0.2, 0) is 11.2 Å². The van der Waals surface area contributed by atoms with Crippen LogP contribution in [0.5, 0.6) is 5.75 Å². The van der Waals surface area contributed by atoms with Crippen LogP contribution in [0.15, 0.2) is 24.4 Å². The number of aromatic nitrogens is 1. The third-order valence-electron chi connectivity index (χ3n) is 4.81. The predicted octanol–water partition coefficient (Wildman–Crippen LogP) is 1.52. The van der Waals surface area contributed by atoms with Crippen molar-refractivity contribution in [3.8, 4) is 5.75 Å². The van der Waals surface area contributed by atoms with Gasteiger partial charge in [-0.25, -0.2) is 4.79 Å². The van der Waals surface area contributed by atoms with E-state index in [1.54, 1.807) is 24.6 Å². The lowest BCUT2D eigenvalue weighted by Crippen LogP contribution is -2.51. The number of hydrogen-bond donors (Lipinski definition) is 3. The maximum atomic E-state index is 11.6. The Balaban J connectivity index is 2.16. The monoisotopic (exact) mass is 346 g/mol. The number of carboxylic acid groups (broad SMARTS) is 1. The van der Waals surface area contributed by atoms with E-state index in [-0.39, 0.29) is 6.10 Å². The number of carboxylic acids is 1. The number of aliphatic hydroxyl groups is 2. The molecular formula is C19H24NO5+. The van der Waals surface area contributed by atoms with Crippen LogP contribution in [0, 0.1) is 6.92 Å². The minimum Gasteiger partial charge on any atom is -0.486 e. The molecule has 0 aliphatic carbocycles. The normalized spacial score (nSPS) is 19.4. The Morgan fingerprint density at radius 3 is 2.64 bits per heavy atom. The summed E-state index contributed by atoms with van der Waals surface area (Å²) in [4.78, 5) is 11.6. The Morgan fingerprint density at radius 1 is 1.40 bits per heavy atom. The largest absolute Gasteiger partial charge is 0.486 e. The molecule has 0 spiro atoms. The topological polar surface area (TPSA) is 90.9 Å². The molecule has 0 amide bonds. The molecule has 3 N–H and O–H groups in total. The molecule has 3 unspecified atom stereocenters. The molecular weight excluding hydrogens is 322 g/mol. The highest BCUT2D eigenvalue weighted by Crippen LogP contribution is 2.38. The minimum atomic E-state index is -1.09. The molecule has 0 radical (unpaired) electrons. The Morgan fingerprint density at radius 2 is 2.08 bits per heavy atom. The molecule has 3 atom stereocenters. The quantitative estimate of drug-likeness (QED) is 0.730. The molecule has 134 valence electrons. The first kappa shape index (κ1) is 17.6. The number of aliphatic carboxylic acids is 1. The first-order chi connectivity index (χ1) is 11.6. The number of nitrogens with zero attached hydrogens (tertiary/aromatic N) is 1. The maximum Gasteiger partial charge on any atom is 0.376 e.